The SMILES string of the molecule is NC(=O)c1nc(-c2cccnc2Cl)nc2c1[nH]c(=O)n2-c1ccccc1. The van der Waals surface area contributed by atoms with Crippen LogP contribution in [0.4, 0.5) is 0 Å². The van der Waals surface area contributed by atoms with Gasteiger partial charge in [-0.3, -0.25) is 4.79 Å². The number of primary amides is 1. The highest BCUT2D eigenvalue weighted by molar-refractivity contribution is 6.31. The molecular formula is C17H11ClN6O2. The zero-order valence-electron chi connectivity index (χ0n) is 13.2. The maximum Gasteiger partial charge on any atom is 0.332 e. The van der Waals surface area contributed by atoms with Gasteiger partial charge >= 0.3 is 5.69 Å². The normalized spacial score (nSPS) is 11.0. The molecule has 8 nitrogen and oxygen atoms in total. The summed E-state index contributed by atoms with van der Waals surface area (Å²) < 4.78 is 1.34. The fourth-order valence-electron chi connectivity index (χ4n) is 2.65. The molecule has 0 unspecified atom stereocenters. The Kier molecular flexibility index (Phi) is 3.74. The van der Waals surface area contributed by atoms with Crippen LogP contribution in [0.2, 0.25) is 5.15 Å². The zero-order chi connectivity index (χ0) is 18.3. The molecule has 26 heavy (non-hydrogen) atoms. The van der Waals surface area contributed by atoms with Crippen molar-refractivity contribution in [2.75, 3.05) is 0 Å². The van der Waals surface area contributed by atoms with Crippen molar-refractivity contribution in [3.63, 3.8) is 0 Å². The molecule has 3 N–H and O–H groups in total. The number of fused-ring (bicyclic) bond motifs is 1. The Morgan fingerprint density at radius 3 is 2.58 bits per heavy atom. The second kappa shape index (κ2) is 6.08. The Bertz CT molecular complexity index is 1200. The third-order valence-electron chi connectivity index (χ3n) is 3.78. The summed E-state index contributed by atoms with van der Waals surface area (Å²) in [5.74, 6) is -0.645. The molecule has 0 aliphatic rings. The minimum Gasteiger partial charge on any atom is -0.364 e. The molecule has 0 saturated carbocycles. The van der Waals surface area contributed by atoms with E-state index >= 15 is 0 Å². The number of imidazole rings is 1. The number of nitrogens with zero attached hydrogens (tertiary/aromatic N) is 4. The number of hydrogen-bond donors (Lipinski definition) is 2. The lowest BCUT2D eigenvalue weighted by Gasteiger charge is -2.07. The van der Waals surface area contributed by atoms with Crippen LogP contribution < -0.4 is 11.4 Å². The van der Waals surface area contributed by atoms with E-state index in [1.165, 1.54) is 10.8 Å². The first-order valence-electron chi connectivity index (χ1n) is 7.55. The monoisotopic (exact) mass is 366 g/mol. The molecule has 0 bridgehead atoms. The Hall–Kier alpha value is -3.52. The van der Waals surface area contributed by atoms with Gasteiger partial charge in [0.15, 0.2) is 17.2 Å². The van der Waals surface area contributed by atoms with E-state index in [0.717, 1.165) is 0 Å². The van der Waals surface area contributed by atoms with Crippen LogP contribution in [-0.2, 0) is 0 Å². The van der Waals surface area contributed by atoms with Gasteiger partial charge in [0.25, 0.3) is 5.91 Å². The maximum atomic E-state index is 12.5. The van der Waals surface area contributed by atoms with Crippen LogP contribution in [0.5, 0.6) is 0 Å². The summed E-state index contributed by atoms with van der Waals surface area (Å²) in [4.78, 5) is 39.6. The lowest BCUT2D eigenvalue weighted by Crippen LogP contribution is -2.15. The number of amides is 1. The van der Waals surface area contributed by atoms with Crippen molar-refractivity contribution < 1.29 is 4.79 Å². The molecule has 0 aliphatic heterocycles. The van der Waals surface area contributed by atoms with E-state index in [1.54, 1.807) is 36.4 Å². The molecule has 1 aromatic carbocycles. The minimum atomic E-state index is -0.792. The molecule has 1 amide bonds. The summed E-state index contributed by atoms with van der Waals surface area (Å²) >= 11 is 6.12. The van der Waals surface area contributed by atoms with Gasteiger partial charge in [0, 0.05) is 6.20 Å². The highest BCUT2D eigenvalue weighted by Gasteiger charge is 2.21. The fraction of sp³-hybridized carbons (Fsp3) is 0. The van der Waals surface area contributed by atoms with Gasteiger partial charge in [-0.15, -0.1) is 0 Å². The molecule has 0 aliphatic carbocycles. The number of benzene rings is 1. The summed E-state index contributed by atoms with van der Waals surface area (Å²) in [5.41, 5.74) is 6.28. The quantitative estimate of drug-likeness (QED) is 0.537. The van der Waals surface area contributed by atoms with Gasteiger partial charge in [-0.2, -0.15) is 0 Å². The first-order valence-corrected chi connectivity index (χ1v) is 7.93. The predicted molar refractivity (Wildman–Crippen MR) is 96.2 cm³/mol. The van der Waals surface area contributed by atoms with E-state index in [-0.39, 0.29) is 27.8 Å². The van der Waals surface area contributed by atoms with E-state index in [2.05, 4.69) is 19.9 Å². The maximum absolute atomic E-state index is 12.5. The number of carbonyl (C=O) groups excluding carboxylic acids is 1. The summed E-state index contributed by atoms with van der Waals surface area (Å²) in [6.07, 6.45) is 1.52. The molecule has 0 atom stereocenters. The number of pyridine rings is 1. The Balaban J connectivity index is 2.10. The number of aromatic nitrogens is 5. The minimum absolute atomic E-state index is 0.100. The molecule has 0 saturated heterocycles. The molecule has 9 heteroatoms. The topological polar surface area (TPSA) is 120 Å². The molecule has 0 fully saturated rings. The van der Waals surface area contributed by atoms with Gasteiger partial charge in [0.2, 0.25) is 0 Å². The van der Waals surface area contributed by atoms with Crippen LogP contribution in [-0.4, -0.2) is 30.4 Å². The van der Waals surface area contributed by atoms with Crippen molar-refractivity contribution in [1.29, 1.82) is 0 Å². The van der Waals surface area contributed by atoms with Crippen molar-refractivity contribution >= 4 is 28.7 Å². The van der Waals surface area contributed by atoms with Crippen LogP contribution in [0.15, 0.2) is 53.5 Å². The van der Waals surface area contributed by atoms with Gasteiger partial charge in [0.1, 0.15) is 10.7 Å². The summed E-state index contributed by atoms with van der Waals surface area (Å²) in [6, 6.07) is 12.2. The second-order valence-corrected chi connectivity index (χ2v) is 5.76. The summed E-state index contributed by atoms with van der Waals surface area (Å²) in [6.45, 7) is 0. The third kappa shape index (κ3) is 2.52. The third-order valence-corrected chi connectivity index (χ3v) is 4.09. The fourth-order valence-corrected chi connectivity index (χ4v) is 2.86. The van der Waals surface area contributed by atoms with Crippen molar-refractivity contribution in [1.82, 2.24) is 24.5 Å². The average molecular weight is 367 g/mol. The highest BCUT2D eigenvalue weighted by atomic mass is 35.5. The molecule has 3 heterocycles. The van der Waals surface area contributed by atoms with Gasteiger partial charge in [-0.25, -0.2) is 24.3 Å². The van der Waals surface area contributed by atoms with Crippen molar-refractivity contribution in [2.45, 2.75) is 0 Å². The van der Waals surface area contributed by atoms with Crippen LogP contribution >= 0.6 is 11.6 Å². The van der Waals surface area contributed by atoms with Crippen LogP contribution in [0, 0.1) is 0 Å². The number of hydrogen-bond acceptors (Lipinski definition) is 5. The van der Waals surface area contributed by atoms with Gasteiger partial charge in [-0.05, 0) is 24.3 Å². The Labute approximate surface area is 151 Å². The highest BCUT2D eigenvalue weighted by Crippen LogP contribution is 2.25. The molecule has 4 rings (SSSR count). The number of H-pyrrole nitrogens is 1. The van der Waals surface area contributed by atoms with Crippen molar-refractivity contribution in [3.8, 4) is 17.1 Å². The van der Waals surface area contributed by atoms with Crippen LogP contribution in [0.1, 0.15) is 10.5 Å². The Morgan fingerprint density at radius 2 is 1.88 bits per heavy atom. The molecule has 0 radical (unpaired) electrons. The number of para-hydroxylation sites is 1. The zero-order valence-corrected chi connectivity index (χ0v) is 13.9. The van der Waals surface area contributed by atoms with E-state index in [0.29, 0.717) is 11.3 Å². The molecule has 4 aromatic rings. The number of aromatic amines is 1. The number of carbonyl (C=O) groups is 1. The molecule has 0 spiro atoms. The lowest BCUT2D eigenvalue weighted by atomic mass is 10.2. The van der Waals surface area contributed by atoms with Gasteiger partial charge < -0.3 is 10.7 Å². The van der Waals surface area contributed by atoms with Crippen LogP contribution in [0.25, 0.3) is 28.2 Å². The summed E-state index contributed by atoms with van der Waals surface area (Å²) in [5, 5.41) is 0.173. The second-order valence-electron chi connectivity index (χ2n) is 5.40. The van der Waals surface area contributed by atoms with Gasteiger partial charge in [0.05, 0.1) is 11.3 Å². The average Bonchev–Trinajstić information content (AvgIpc) is 2.97. The van der Waals surface area contributed by atoms with E-state index in [9.17, 15) is 9.59 Å². The largest absolute Gasteiger partial charge is 0.364 e. The summed E-state index contributed by atoms with van der Waals surface area (Å²) in [7, 11) is 0. The first-order chi connectivity index (χ1) is 12.6. The van der Waals surface area contributed by atoms with E-state index in [4.69, 9.17) is 17.3 Å². The van der Waals surface area contributed by atoms with E-state index in [1.807, 2.05) is 6.07 Å². The molecule has 128 valence electrons. The molecular weight excluding hydrogens is 356 g/mol. The van der Waals surface area contributed by atoms with Crippen molar-refractivity contribution in [3.05, 3.63) is 70.0 Å². The first kappa shape index (κ1) is 16.0. The lowest BCUT2D eigenvalue weighted by molar-refractivity contribution is 0.0997. The number of halogens is 1. The number of nitrogens with two attached hydrogens (primary N) is 1. The van der Waals surface area contributed by atoms with E-state index < -0.39 is 11.6 Å². The number of rotatable bonds is 3. The number of nitrogens with one attached hydrogen (secondary N) is 1. The molecule has 3 aromatic heterocycles. The predicted octanol–water partition coefficient (Wildman–Crippen LogP) is 1.92. The Morgan fingerprint density at radius 1 is 1.12 bits per heavy atom. The van der Waals surface area contributed by atoms with Crippen molar-refractivity contribution in [2.24, 2.45) is 5.73 Å². The smallest absolute Gasteiger partial charge is 0.332 e. The van der Waals surface area contributed by atoms with Gasteiger partial charge in [-0.1, -0.05) is 29.8 Å². The van der Waals surface area contributed by atoms with Crippen LogP contribution in [0.3, 0.4) is 0 Å². The standard InChI is InChI=1S/C17H11ClN6O2/c18-13-10(7-4-8-20-13)15-21-11(14(19)25)12-16(23-15)24(17(26)22-12)9-5-2-1-3-6-9/h1-8H,(H2,19,25)(H,22,26).